The molecule has 0 fully saturated rings. The number of carbonyl (C=O) groups excluding carboxylic acids is 1. The molecule has 0 bridgehead atoms. The van der Waals surface area contributed by atoms with Gasteiger partial charge >= 0.3 is 0 Å². The van der Waals surface area contributed by atoms with Crippen LogP contribution in [0.3, 0.4) is 0 Å². The van der Waals surface area contributed by atoms with Crippen molar-refractivity contribution in [2.75, 3.05) is 11.9 Å². The fourth-order valence-corrected chi connectivity index (χ4v) is 3.71. The number of rotatable bonds is 7. The Bertz CT molecular complexity index is 1010. The number of hydrogen-bond acceptors (Lipinski definition) is 4. The number of aryl methyl sites for hydroxylation is 1. The standard InChI is InChI=1S/C18H20N4O3S/c1-2-22-16-11-7-6-10-15(16)20-18(22)21-17(23)12-13-19-26(24,25)14-8-4-3-5-9-14/h3-11,19H,2,12-13H2,1H3,(H,20,21,23). The van der Waals surface area contributed by atoms with E-state index in [4.69, 9.17) is 0 Å². The molecule has 8 heteroatoms. The van der Waals surface area contributed by atoms with Crippen molar-refractivity contribution in [2.24, 2.45) is 0 Å². The molecular weight excluding hydrogens is 352 g/mol. The number of hydrogen-bond donors (Lipinski definition) is 2. The number of fused-ring (bicyclic) bond motifs is 1. The summed E-state index contributed by atoms with van der Waals surface area (Å²) >= 11 is 0. The van der Waals surface area contributed by atoms with Gasteiger partial charge in [0, 0.05) is 19.5 Å². The van der Waals surface area contributed by atoms with Crippen LogP contribution in [-0.4, -0.2) is 30.4 Å². The molecule has 0 atom stereocenters. The number of anilines is 1. The lowest BCUT2D eigenvalue weighted by atomic mass is 10.3. The van der Waals surface area contributed by atoms with Gasteiger partial charge in [-0.2, -0.15) is 0 Å². The number of para-hydroxylation sites is 2. The molecule has 0 aliphatic heterocycles. The second-order valence-corrected chi connectivity index (χ2v) is 7.44. The molecular formula is C18H20N4O3S. The number of sulfonamides is 1. The Morgan fingerprint density at radius 2 is 1.77 bits per heavy atom. The van der Waals surface area contributed by atoms with Crippen molar-refractivity contribution in [1.82, 2.24) is 14.3 Å². The van der Waals surface area contributed by atoms with Crippen LogP contribution in [0, 0.1) is 0 Å². The van der Waals surface area contributed by atoms with Crippen molar-refractivity contribution in [2.45, 2.75) is 24.8 Å². The van der Waals surface area contributed by atoms with Crippen LogP contribution >= 0.6 is 0 Å². The van der Waals surface area contributed by atoms with E-state index in [2.05, 4.69) is 15.0 Å². The minimum Gasteiger partial charge on any atom is -0.310 e. The van der Waals surface area contributed by atoms with E-state index in [0.29, 0.717) is 12.5 Å². The Morgan fingerprint density at radius 3 is 2.50 bits per heavy atom. The van der Waals surface area contributed by atoms with Crippen LogP contribution in [0.25, 0.3) is 11.0 Å². The average molecular weight is 372 g/mol. The number of amides is 1. The van der Waals surface area contributed by atoms with E-state index >= 15 is 0 Å². The first-order chi connectivity index (χ1) is 12.5. The number of nitrogens with zero attached hydrogens (tertiary/aromatic N) is 2. The summed E-state index contributed by atoms with van der Waals surface area (Å²) in [6.07, 6.45) is 0.0129. The molecule has 2 N–H and O–H groups in total. The van der Waals surface area contributed by atoms with Crippen LogP contribution in [0.15, 0.2) is 59.5 Å². The predicted octanol–water partition coefficient (Wildman–Crippen LogP) is 2.36. The second kappa shape index (κ2) is 7.67. The fraction of sp³-hybridized carbons (Fsp3) is 0.222. The first-order valence-electron chi connectivity index (χ1n) is 8.31. The SMILES string of the molecule is CCn1c(NC(=O)CCNS(=O)(=O)c2ccccc2)nc2ccccc21. The molecule has 0 radical (unpaired) electrons. The van der Waals surface area contributed by atoms with Gasteiger partial charge in [-0.3, -0.25) is 10.1 Å². The van der Waals surface area contributed by atoms with E-state index < -0.39 is 10.0 Å². The van der Waals surface area contributed by atoms with Crippen molar-refractivity contribution in [3.63, 3.8) is 0 Å². The van der Waals surface area contributed by atoms with Crippen molar-refractivity contribution in [3.8, 4) is 0 Å². The lowest BCUT2D eigenvalue weighted by Gasteiger charge is -2.09. The minimum atomic E-state index is -3.61. The van der Waals surface area contributed by atoms with Gasteiger partial charge in [0.15, 0.2) is 0 Å². The van der Waals surface area contributed by atoms with Crippen molar-refractivity contribution < 1.29 is 13.2 Å². The second-order valence-electron chi connectivity index (χ2n) is 5.68. The summed E-state index contributed by atoms with van der Waals surface area (Å²) in [5, 5.41) is 2.76. The summed E-state index contributed by atoms with van der Waals surface area (Å²) in [6.45, 7) is 2.64. The normalized spacial score (nSPS) is 11.6. The first kappa shape index (κ1) is 18.1. The van der Waals surface area contributed by atoms with Gasteiger partial charge in [0.2, 0.25) is 21.9 Å². The van der Waals surface area contributed by atoms with Gasteiger partial charge in [-0.1, -0.05) is 30.3 Å². The van der Waals surface area contributed by atoms with Gasteiger partial charge in [-0.25, -0.2) is 18.1 Å². The minimum absolute atomic E-state index is 0.00934. The molecule has 1 heterocycles. The molecule has 3 rings (SSSR count). The van der Waals surface area contributed by atoms with Gasteiger partial charge in [0.25, 0.3) is 0 Å². The van der Waals surface area contributed by atoms with Crippen LogP contribution in [0.1, 0.15) is 13.3 Å². The quantitative estimate of drug-likeness (QED) is 0.666. The molecule has 3 aromatic rings. The summed E-state index contributed by atoms with van der Waals surface area (Å²) in [7, 11) is -3.61. The van der Waals surface area contributed by atoms with Crippen molar-refractivity contribution in [3.05, 3.63) is 54.6 Å². The average Bonchev–Trinajstić information content (AvgIpc) is 2.99. The first-order valence-corrected chi connectivity index (χ1v) is 9.79. The van der Waals surface area contributed by atoms with Gasteiger partial charge in [-0.05, 0) is 31.2 Å². The summed E-state index contributed by atoms with van der Waals surface area (Å²) in [4.78, 5) is 16.8. The van der Waals surface area contributed by atoms with Gasteiger partial charge in [0.1, 0.15) is 0 Å². The van der Waals surface area contributed by atoms with Crippen molar-refractivity contribution in [1.29, 1.82) is 0 Å². The van der Waals surface area contributed by atoms with E-state index in [0.717, 1.165) is 11.0 Å². The predicted molar refractivity (Wildman–Crippen MR) is 100 cm³/mol. The number of benzene rings is 2. The summed E-state index contributed by atoms with van der Waals surface area (Å²) in [5.41, 5.74) is 1.74. The smallest absolute Gasteiger partial charge is 0.240 e. The van der Waals surface area contributed by atoms with E-state index in [1.807, 2.05) is 35.8 Å². The Morgan fingerprint density at radius 1 is 1.08 bits per heavy atom. The van der Waals surface area contributed by atoms with Gasteiger partial charge in [-0.15, -0.1) is 0 Å². The zero-order chi connectivity index (χ0) is 18.6. The topological polar surface area (TPSA) is 93.1 Å². The highest BCUT2D eigenvalue weighted by Gasteiger charge is 2.15. The molecule has 7 nitrogen and oxygen atoms in total. The monoisotopic (exact) mass is 372 g/mol. The molecule has 0 unspecified atom stereocenters. The molecule has 0 aliphatic rings. The van der Waals surface area contributed by atoms with Crippen LogP contribution < -0.4 is 10.0 Å². The molecule has 1 aromatic heterocycles. The Kier molecular flexibility index (Phi) is 5.34. The Balaban J connectivity index is 1.62. The largest absolute Gasteiger partial charge is 0.310 e. The number of aromatic nitrogens is 2. The third-order valence-electron chi connectivity index (χ3n) is 3.92. The zero-order valence-electron chi connectivity index (χ0n) is 14.3. The summed E-state index contributed by atoms with van der Waals surface area (Å²) in [6, 6.07) is 15.7. The molecule has 1 amide bonds. The molecule has 136 valence electrons. The van der Waals surface area contributed by atoms with Crippen molar-refractivity contribution >= 4 is 32.9 Å². The Hall–Kier alpha value is -2.71. The maximum absolute atomic E-state index is 12.2. The van der Waals surface area contributed by atoms with Crippen LogP contribution in [0.4, 0.5) is 5.95 Å². The zero-order valence-corrected chi connectivity index (χ0v) is 15.2. The van der Waals surface area contributed by atoms with Crippen LogP contribution in [-0.2, 0) is 21.4 Å². The Labute approximate surface area is 152 Å². The van der Waals surface area contributed by atoms with E-state index in [9.17, 15) is 13.2 Å². The van der Waals surface area contributed by atoms with Crippen LogP contribution in [0.5, 0.6) is 0 Å². The molecule has 0 saturated carbocycles. The van der Waals surface area contributed by atoms with Gasteiger partial charge in [0.05, 0.1) is 15.9 Å². The molecule has 0 aliphatic carbocycles. The third kappa shape index (κ3) is 3.92. The third-order valence-corrected chi connectivity index (χ3v) is 5.40. The van der Waals surface area contributed by atoms with Crippen LogP contribution in [0.2, 0.25) is 0 Å². The fourth-order valence-electron chi connectivity index (χ4n) is 2.66. The van der Waals surface area contributed by atoms with Gasteiger partial charge < -0.3 is 4.57 Å². The molecule has 0 saturated heterocycles. The highest BCUT2D eigenvalue weighted by atomic mass is 32.2. The molecule has 2 aromatic carbocycles. The maximum atomic E-state index is 12.2. The van der Waals surface area contributed by atoms with E-state index in [1.54, 1.807) is 18.2 Å². The highest BCUT2D eigenvalue weighted by Crippen LogP contribution is 2.19. The highest BCUT2D eigenvalue weighted by molar-refractivity contribution is 7.89. The lowest BCUT2D eigenvalue weighted by molar-refractivity contribution is -0.116. The maximum Gasteiger partial charge on any atom is 0.240 e. The number of carbonyl (C=O) groups is 1. The lowest BCUT2D eigenvalue weighted by Crippen LogP contribution is -2.28. The molecule has 0 spiro atoms. The summed E-state index contributed by atoms with van der Waals surface area (Å²) < 4.78 is 28.6. The number of imidazole rings is 1. The van der Waals surface area contributed by atoms with E-state index in [1.165, 1.54) is 12.1 Å². The summed E-state index contributed by atoms with van der Waals surface area (Å²) in [5.74, 6) is 0.162. The van der Waals surface area contributed by atoms with E-state index in [-0.39, 0.29) is 23.8 Å². The number of nitrogens with one attached hydrogen (secondary N) is 2. The molecule has 26 heavy (non-hydrogen) atoms.